The molecule has 0 atom stereocenters. The van der Waals surface area contributed by atoms with Crippen molar-refractivity contribution in [1.29, 1.82) is 0 Å². The molecule has 5 heteroatoms. The number of fused-ring (bicyclic) bond motifs is 1. The van der Waals surface area contributed by atoms with Crippen LogP contribution in [0.5, 0.6) is 0 Å². The Balaban J connectivity index is 1.64. The van der Waals surface area contributed by atoms with Crippen LogP contribution in [0.25, 0.3) is 22.3 Å². The Morgan fingerprint density at radius 3 is 2.52 bits per heavy atom. The van der Waals surface area contributed by atoms with Crippen LogP contribution in [0.15, 0.2) is 72.9 Å². The van der Waals surface area contributed by atoms with Crippen molar-refractivity contribution in [1.82, 2.24) is 14.8 Å². The maximum absolute atomic E-state index is 12.8. The number of nitrogens with zero attached hydrogens (tertiary/aromatic N) is 3. The van der Waals surface area contributed by atoms with E-state index >= 15 is 0 Å². The van der Waals surface area contributed by atoms with Crippen LogP contribution in [0.2, 0.25) is 0 Å². The third-order valence-corrected chi connectivity index (χ3v) is 4.48. The van der Waals surface area contributed by atoms with E-state index in [9.17, 15) is 4.79 Å². The highest BCUT2D eigenvalue weighted by molar-refractivity contribution is 6.03. The molecular formula is C24H19N3O2. The molecule has 0 saturated carbocycles. The maximum atomic E-state index is 12.8. The van der Waals surface area contributed by atoms with Crippen molar-refractivity contribution < 1.29 is 9.53 Å². The lowest BCUT2D eigenvalue weighted by atomic mass is 10.1. The third kappa shape index (κ3) is 4.02. The van der Waals surface area contributed by atoms with Crippen LogP contribution in [0.3, 0.4) is 0 Å². The molecule has 29 heavy (non-hydrogen) atoms. The molecule has 0 saturated heterocycles. The predicted octanol–water partition coefficient (Wildman–Crippen LogP) is 4.33. The third-order valence-electron chi connectivity index (χ3n) is 4.48. The minimum atomic E-state index is -0.437. The van der Waals surface area contributed by atoms with E-state index in [0.717, 1.165) is 11.1 Å². The first-order valence-electron chi connectivity index (χ1n) is 9.39. The number of pyridine rings is 1. The highest BCUT2D eigenvalue weighted by Gasteiger charge is 2.18. The predicted molar refractivity (Wildman–Crippen MR) is 112 cm³/mol. The van der Waals surface area contributed by atoms with Gasteiger partial charge in [0.15, 0.2) is 12.3 Å². The highest BCUT2D eigenvalue weighted by Crippen LogP contribution is 2.25. The summed E-state index contributed by atoms with van der Waals surface area (Å²) < 4.78 is 7.19. The molecule has 2 aromatic carbocycles. The smallest absolute Gasteiger partial charge is 0.339 e. The minimum absolute atomic E-state index is 0.0140. The standard InChI is InChI=1S/C24H19N3O2/c1-2-27-23-21(17-25-27)20(16-22(26-23)19-13-7-4-8-14-19)24(28)29-15-9-12-18-10-5-3-6-11-18/h3-8,10-11,13-14,16-17H,2,15H2,1H3. The zero-order valence-electron chi connectivity index (χ0n) is 16.0. The van der Waals surface area contributed by atoms with Gasteiger partial charge in [0.1, 0.15) is 0 Å². The van der Waals surface area contributed by atoms with Crippen molar-refractivity contribution in [2.75, 3.05) is 6.61 Å². The Hall–Kier alpha value is -3.91. The van der Waals surface area contributed by atoms with E-state index in [0.29, 0.717) is 28.8 Å². The molecular weight excluding hydrogens is 362 g/mol. The molecule has 2 aromatic heterocycles. The summed E-state index contributed by atoms with van der Waals surface area (Å²) in [7, 11) is 0. The lowest BCUT2D eigenvalue weighted by Gasteiger charge is -2.07. The van der Waals surface area contributed by atoms with E-state index < -0.39 is 5.97 Å². The first-order valence-corrected chi connectivity index (χ1v) is 9.39. The quantitative estimate of drug-likeness (QED) is 0.390. The number of carbonyl (C=O) groups is 1. The molecule has 2 heterocycles. The van der Waals surface area contributed by atoms with Crippen molar-refractivity contribution in [3.63, 3.8) is 0 Å². The van der Waals surface area contributed by atoms with Gasteiger partial charge in [-0.3, -0.25) is 0 Å². The lowest BCUT2D eigenvalue weighted by molar-refractivity contribution is 0.0559. The van der Waals surface area contributed by atoms with Crippen LogP contribution in [0.1, 0.15) is 22.8 Å². The summed E-state index contributed by atoms with van der Waals surface area (Å²) in [5.74, 6) is 5.43. The van der Waals surface area contributed by atoms with E-state index in [1.807, 2.05) is 67.6 Å². The van der Waals surface area contributed by atoms with Crippen LogP contribution >= 0.6 is 0 Å². The van der Waals surface area contributed by atoms with E-state index in [2.05, 4.69) is 16.9 Å². The second-order valence-electron chi connectivity index (χ2n) is 6.36. The Labute approximate surface area is 169 Å². The van der Waals surface area contributed by atoms with Crippen molar-refractivity contribution in [3.05, 3.63) is 84.1 Å². The molecule has 142 valence electrons. The fourth-order valence-electron chi connectivity index (χ4n) is 3.04. The minimum Gasteiger partial charge on any atom is -0.449 e. The van der Waals surface area contributed by atoms with Crippen LogP contribution in [0, 0.1) is 11.8 Å². The Bertz CT molecular complexity index is 1200. The van der Waals surface area contributed by atoms with Gasteiger partial charge in [-0.25, -0.2) is 14.5 Å². The average Bonchev–Trinajstić information content (AvgIpc) is 3.20. The fraction of sp³-hybridized carbons (Fsp3) is 0.125. The van der Waals surface area contributed by atoms with Gasteiger partial charge in [-0.05, 0) is 25.1 Å². The van der Waals surface area contributed by atoms with Crippen molar-refractivity contribution in [2.45, 2.75) is 13.5 Å². The van der Waals surface area contributed by atoms with Gasteiger partial charge in [0.05, 0.1) is 22.8 Å². The monoisotopic (exact) mass is 381 g/mol. The maximum Gasteiger partial charge on any atom is 0.339 e. The molecule has 0 fully saturated rings. The number of aryl methyl sites for hydroxylation is 1. The summed E-state index contributed by atoms with van der Waals surface area (Å²) >= 11 is 0. The molecule has 4 rings (SSSR count). The highest BCUT2D eigenvalue weighted by atomic mass is 16.5. The van der Waals surface area contributed by atoms with Gasteiger partial charge in [-0.1, -0.05) is 60.4 Å². The van der Waals surface area contributed by atoms with Crippen molar-refractivity contribution in [2.24, 2.45) is 0 Å². The first kappa shape index (κ1) is 18.5. The molecule has 4 aromatic rings. The largest absolute Gasteiger partial charge is 0.449 e. The van der Waals surface area contributed by atoms with Crippen LogP contribution < -0.4 is 0 Å². The molecule has 0 radical (unpaired) electrons. The molecule has 0 bridgehead atoms. The molecule has 0 unspecified atom stereocenters. The molecule has 0 amide bonds. The van der Waals surface area contributed by atoms with Gasteiger partial charge in [-0.2, -0.15) is 5.10 Å². The molecule has 0 aliphatic heterocycles. The molecule has 0 aliphatic carbocycles. The van der Waals surface area contributed by atoms with Gasteiger partial charge in [0.2, 0.25) is 0 Å². The van der Waals surface area contributed by atoms with Gasteiger partial charge in [0, 0.05) is 17.7 Å². The zero-order valence-corrected chi connectivity index (χ0v) is 16.0. The summed E-state index contributed by atoms with van der Waals surface area (Å²) in [5.41, 5.74) is 3.61. The zero-order chi connectivity index (χ0) is 20.1. The molecule has 0 N–H and O–H groups in total. The number of hydrogen-bond donors (Lipinski definition) is 0. The van der Waals surface area contributed by atoms with Gasteiger partial charge >= 0.3 is 5.97 Å². The normalized spacial score (nSPS) is 10.4. The number of rotatable bonds is 4. The SMILES string of the molecule is CCn1ncc2c(C(=O)OCC#Cc3ccccc3)cc(-c3ccccc3)nc21. The second kappa shape index (κ2) is 8.41. The van der Waals surface area contributed by atoms with Crippen molar-refractivity contribution in [3.8, 4) is 23.1 Å². The number of carbonyl (C=O) groups excluding carboxylic acids is 1. The number of aromatic nitrogens is 3. The summed E-state index contributed by atoms with van der Waals surface area (Å²) in [4.78, 5) is 17.5. The topological polar surface area (TPSA) is 57.0 Å². The first-order chi connectivity index (χ1) is 14.3. The summed E-state index contributed by atoms with van der Waals surface area (Å²) in [6, 6.07) is 21.1. The van der Waals surface area contributed by atoms with E-state index in [1.54, 1.807) is 16.9 Å². The van der Waals surface area contributed by atoms with E-state index in [-0.39, 0.29) is 6.61 Å². The number of benzene rings is 2. The van der Waals surface area contributed by atoms with Gasteiger partial charge < -0.3 is 4.74 Å². The van der Waals surface area contributed by atoms with Crippen LogP contribution in [-0.4, -0.2) is 27.3 Å². The van der Waals surface area contributed by atoms with E-state index in [1.165, 1.54) is 0 Å². The number of esters is 1. The Kier molecular flexibility index (Phi) is 5.35. The fourth-order valence-corrected chi connectivity index (χ4v) is 3.04. The second-order valence-corrected chi connectivity index (χ2v) is 6.36. The van der Waals surface area contributed by atoms with Crippen LogP contribution in [-0.2, 0) is 11.3 Å². The molecule has 5 nitrogen and oxygen atoms in total. The summed E-state index contributed by atoms with van der Waals surface area (Å²) in [5, 5.41) is 5.02. The molecule has 0 spiro atoms. The molecule has 0 aliphatic rings. The average molecular weight is 381 g/mol. The van der Waals surface area contributed by atoms with E-state index in [4.69, 9.17) is 9.72 Å². The Morgan fingerprint density at radius 2 is 1.79 bits per heavy atom. The summed E-state index contributed by atoms with van der Waals surface area (Å²) in [6.45, 7) is 2.66. The van der Waals surface area contributed by atoms with Gasteiger partial charge in [-0.15, -0.1) is 0 Å². The summed E-state index contributed by atoms with van der Waals surface area (Å²) in [6.07, 6.45) is 1.66. The number of hydrogen-bond acceptors (Lipinski definition) is 4. The number of ether oxygens (including phenoxy) is 1. The van der Waals surface area contributed by atoms with Gasteiger partial charge in [0.25, 0.3) is 0 Å². The van der Waals surface area contributed by atoms with Crippen molar-refractivity contribution >= 4 is 17.0 Å². The lowest BCUT2D eigenvalue weighted by Crippen LogP contribution is -2.08. The van der Waals surface area contributed by atoms with Crippen LogP contribution in [0.4, 0.5) is 0 Å². The Morgan fingerprint density at radius 1 is 1.07 bits per heavy atom.